The van der Waals surface area contributed by atoms with Gasteiger partial charge in [-0.25, -0.2) is 8.42 Å². The first-order valence-electron chi connectivity index (χ1n) is 10.2. The zero-order valence-corrected chi connectivity index (χ0v) is 18.5. The van der Waals surface area contributed by atoms with Gasteiger partial charge in [-0.3, -0.25) is 9.59 Å². The molecule has 0 unspecified atom stereocenters. The lowest BCUT2D eigenvalue weighted by molar-refractivity contribution is -0.139. The largest absolute Gasteiger partial charge is 0.339 e. The minimum absolute atomic E-state index is 0.0627. The summed E-state index contributed by atoms with van der Waals surface area (Å²) < 4.78 is 26.9. The molecule has 29 heavy (non-hydrogen) atoms. The highest BCUT2D eigenvalue weighted by Crippen LogP contribution is 2.29. The van der Waals surface area contributed by atoms with Crippen LogP contribution in [0.1, 0.15) is 43.5 Å². The van der Waals surface area contributed by atoms with E-state index in [1.807, 2.05) is 4.90 Å². The molecular weight excluding hydrogens is 414 g/mol. The van der Waals surface area contributed by atoms with Crippen LogP contribution in [0.3, 0.4) is 0 Å². The first-order chi connectivity index (χ1) is 13.8. The molecule has 0 radical (unpaired) electrons. The average molecular weight is 442 g/mol. The van der Waals surface area contributed by atoms with Crippen molar-refractivity contribution in [1.29, 1.82) is 0 Å². The Balaban J connectivity index is 1.73. The molecule has 3 rings (SSSR count). The molecule has 1 saturated carbocycles. The summed E-state index contributed by atoms with van der Waals surface area (Å²) in [6.45, 7) is 6.07. The van der Waals surface area contributed by atoms with Gasteiger partial charge < -0.3 is 9.80 Å². The summed E-state index contributed by atoms with van der Waals surface area (Å²) in [5, 5.41) is 0.224. The lowest BCUT2D eigenvalue weighted by Crippen LogP contribution is -2.52. The molecule has 1 aliphatic carbocycles. The van der Waals surface area contributed by atoms with Gasteiger partial charge >= 0.3 is 0 Å². The molecule has 2 amide bonds. The highest BCUT2D eigenvalue weighted by atomic mass is 35.5. The minimum atomic E-state index is -3.68. The van der Waals surface area contributed by atoms with Gasteiger partial charge in [0, 0.05) is 45.2 Å². The maximum atomic E-state index is 13.0. The van der Waals surface area contributed by atoms with E-state index >= 15 is 0 Å². The third kappa shape index (κ3) is 4.44. The molecular formula is C20H28ClN3O4S. The molecule has 0 bridgehead atoms. The maximum Gasteiger partial charge on any atom is 0.255 e. The van der Waals surface area contributed by atoms with E-state index in [0.717, 1.165) is 19.3 Å². The molecule has 1 heterocycles. The number of hydrogen-bond donors (Lipinski definition) is 0. The second-order valence-corrected chi connectivity index (χ2v) is 9.82. The standard InChI is InChI=1S/C20H28ClN3O4S/c1-3-24(4-2)29(27,28)16-8-9-18(21)17(14-16)20(26)23-12-10-22(11-13-23)19(25)15-6-5-7-15/h8-9,14-15H,3-7,10-13H2,1-2H3. The van der Waals surface area contributed by atoms with Crippen molar-refractivity contribution >= 4 is 33.4 Å². The lowest BCUT2D eigenvalue weighted by Gasteiger charge is -2.38. The Bertz CT molecular complexity index is 874. The first kappa shape index (κ1) is 22.1. The van der Waals surface area contributed by atoms with Crippen LogP contribution in [-0.2, 0) is 14.8 Å². The van der Waals surface area contributed by atoms with Crippen LogP contribution in [0, 0.1) is 5.92 Å². The van der Waals surface area contributed by atoms with E-state index in [-0.39, 0.29) is 33.2 Å². The molecule has 1 aromatic rings. The third-order valence-electron chi connectivity index (χ3n) is 5.84. The number of carbonyl (C=O) groups excluding carboxylic acids is 2. The summed E-state index contributed by atoms with van der Waals surface area (Å²) in [5.74, 6) is 0.0321. The van der Waals surface area contributed by atoms with E-state index < -0.39 is 10.0 Å². The number of piperazine rings is 1. The van der Waals surface area contributed by atoms with Gasteiger partial charge in [0.2, 0.25) is 15.9 Å². The molecule has 1 aromatic carbocycles. The molecule has 9 heteroatoms. The predicted molar refractivity (Wildman–Crippen MR) is 111 cm³/mol. The SMILES string of the molecule is CCN(CC)S(=O)(=O)c1ccc(Cl)c(C(=O)N2CCN(C(=O)C3CCC3)CC2)c1. The fourth-order valence-electron chi connectivity index (χ4n) is 3.75. The van der Waals surface area contributed by atoms with Gasteiger partial charge in [-0.2, -0.15) is 4.31 Å². The van der Waals surface area contributed by atoms with Crippen molar-refractivity contribution < 1.29 is 18.0 Å². The number of nitrogens with zero attached hydrogens (tertiary/aromatic N) is 3. The smallest absolute Gasteiger partial charge is 0.255 e. The lowest BCUT2D eigenvalue weighted by atomic mass is 9.84. The molecule has 0 spiro atoms. The van der Waals surface area contributed by atoms with E-state index in [1.54, 1.807) is 18.7 Å². The molecule has 2 fully saturated rings. The maximum absolute atomic E-state index is 13.0. The number of hydrogen-bond acceptors (Lipinski definition) is 4. The first-order valence-corrected chi connectivity index (χ1v) is 12.0. The van der Waals surface area contributed by atoms with E-state index in [4.69, 9.17) is 11.6 Å². The second-order valence-electron chi connectivity index (χ2n) is 7.48. The monoisotopic (exact) mass is 441 g/mol. The topological polar surface area (TPSA) is 78.0 Å². The summed E-state index contributed by atoms with van der Waals surface area (Å²) in [6.07, 6.45) is 3.03. The number of amides is 2. The van der Waals surface area contributed by atoms with Gasteiger partial charge in [0.25, 0.3) is 5.91 Å². The van der Waals surface area contributed by atoms with Gasteiger partial charge in [-0.1, -0.05) is 31.9 Å². The minimum Gasteiger partial charge on any atom is -0.339 e. The fraction of sp³-hybridized carbons (Fsp3) is 0.600. The quantitative estimate of drug-likeness (QED) is 0.679. The van der Waals surface area contributed by atoms with Gasteiger partial charge in [0.15, 0.2) is 0 Å². The van der Waals surface area contributed by atoms with Gasteiger partial charge in [-0.15, -0.1) is 0 Å². The zero-order valence-electron chi connectivity index (χ0n) is 16.9. The van der Waals surface area contributed by atoms with E-state index in [9.17, 15) is 18.0 Å². The van der Waals surface area contributed by atoms with Crippen LogP contribution >= 0.6 is 11.6 Å². The Kier molecular flexibility index (Phi) is 6.86. The highest BCUT2D eigenvalue weighted by molar-refractivity contribution is 7.89. The summed E-state index contributed by atoms with van der Waals surface area (Å²) in [6, 6.07) is 4.26. The van der Waals surface area contributed by atoms with Crippen LogP contribution in [0.15, 0.2) is 23.1 Å². The third-order valence-corrected chi connectivity index (χ3v) is 8.22. The summed E-state index contributed by atoms with van der Waals surface area (Å²) in [5.41, 5.74) is 0.179. The number of benzene rings is 1. The van der Waals surface area contributed by atoms with Gasteiger partial charge in [0.05, 0.1) is 15.5 Å². The van der Waals surface area contributed by atoms with Gasteiger partial charge in [0.1, 0.15) is 0 Å². The summed E-state index contributed by atoms with van der Waals surface area (Å²) >= 11 is 6.23. The summed E-state index contributed by atoms with van der Waals surface area (Å²) in [7, 11) is -3.68. The Morgan fingerprint density at radius 3 is 2.17 bits per heavy atom. The average Bonchev–Trinajstić information content (AvgIpc) is 2.67. The number of carbonyl (C=O) groups is 2. The molecule has 160 valence electrons. The molecule has 0 aromatic heterocycles. The number of rotatable bonds is 6. The normalized spacial score (nSPS) is 18.1. The molecule has 7 nitrogen and oxygen atoms in total. The molecule has 2 aliphatic rings. The molecule has 1 aliphatic heterocycles. The fourth-order valence-corrected chi connectivity index (χ4v) is 5.44. The highest BCUT2D eigenvalue weighted by Gasteiger charge is 2.33. The Morgan fingerprint density at radius 2 is 1.66 bits per heavy atom. The molecule has 1 saturated heterocycles. The van der Waals surface area contributed by atoms with Crippen molar-refractivity contribution in [3.05, 3.63) is 28.8 Å². The predicted octanol–water partition coefficient (Wildman–Crippen LogP) is 2.46. The Hall–Kier alpha value is -1.64. The van der Waals surface area contributed by atoms with Crippen LogP contribution in [-0.4, -0.2) is 73.6 Å². The van der Waals surface area contributed by atoms with Crippen molar-refractivity contribution in [2.45, 2.75) is 38.0 Å². The molecule has 0 atom stereocenters. The van der Waals surface area contributed by atoms with E-state index in [2.05, 4.69) is 0 Å². The van der Waals surface area contributed by atoms with E-state index in [1.165, 1.54) is 22.5 Å². The van der Waals surface area contributed by atoms with Crippen molar-refractivity contribution in [3.63, 3.8) is 0 Å². The second kappa shape index (κ2) is 9.02. The van der Waals surface area contributed by atoms with Crippen molar-refractivity contribution in [1.82, 2.24) is 14.1 Å². The Morgan fingerprint density at radius 1 is 1.07 bits per heavy atom. The molecule has 0 N–H and O–H groups in total. The number of sulfonamides is 1. The van der Waals surface area contributed by atoms with Crippen LogP contribution < -0.4 is 0 Å². The zero-order chi connectivity index (χ0) is 21.2. The van der Waals surface area contributed by atoms with Crippen molar-refractivity contribution in [3.8, 4) is 0 Å². The van der Waals surface area contributed by atoms with E-state index in [0.29, 0.717) is 39.3 Å². The van der Waals surface area contributed by atoms with Gasteiger partial charge in [-0.05, 0) is 31.0 Å². The van der Waals surface area contributed by atoms with Crippen LogP contribution in [0.5, 0.6) is 0 Å². The van der Waals surface area contributed by atoms with Crippen molar-refractivity contribution in [2.24, 2.45) is 5.92 Å². The van der Waals surface area contributed by atoms with Crippen molar-refractivity contribution in [2.75, 3.05) is 39.3 Å². The Labute approximate surface area is 177 Å². The van der Waals surface area contributed by atoms with Crippen LogP contribution in [0.2, 0.25) is 5.02 Å². The van der Waals surface area contributed by atoms with Crippen LogP contribution in [0.4, 0.5) is 0 Å². The number of halogens is 1. The van der Waals surface area contributed by atoms with Crippen LogP contribution in [0.25, 0.3) is 0 Å². The summed E-state index contributed by atoms with van der Waals surface area (Å²) in [4.78, 5) is 28.9.